The lowest BCUT2D eigenvalue weighted by atomic mass is 10.0. The Balaban J connectivity index is 2.24. The summed E-state index contributed by atoms with van der Waals surface area (Å²) in [4.78, 5) is 10.9. The largest absolute Gasteiger partial charge is 0.495 e. The molecule has 24 heavy (non-hydrogen) atoms. The van der Waals surface area contributed by atoms with Crippen molar-refractivity contribution in [3.8, 4) is 17.2 Å². The molecule has 0 saturated carbocycles. The van der Waals surface area contributed by atoms with Crippen molar-refractivity contribution in [2.24, 2.45) is 0 Å². The van der Waals surface area contributed by atoms with Crippen molar-refractivity contribution in [2.45, 2.75) is 25.6 Å². The van der Waals surface area contributed by atoms with Gasteiger partial charge in [-0.15, -0.1) is 0 Å². The predicted molar refractivity (Wildman–Crippen MR) is 85.6 cm³/mol. The molecule has 1 aromatic carbocycles. The van der Waals surface area contributed by atoms with Gasteiger partial charge in [-0.2, -0.15) is 0 Å². The molecule has 2 aromatic rings. The molecular formula is C17H18O7. The lowest BCUT2D eigenvalue weighted by Gasteiger charge is -2.34. The number of carbonyl (C=O) groups is 1. The van der Waals surface area contributed by atoms with Gasteiger partial charge >= 0.3 is 5.97 Å². The fourth-order valence-electron chi connectivity index (χ4n) is 2.59. The Labute approximate surface area is 138 Å². The lowest BCUT2D eigenvalue weighted by Crippen LogP contribution is -2.46. The van der Waals surface area contributed by atoms with E-state index >= 15 is 0 Å². The van der Waals surface area contributed by atoms with Gasteiger partial charge in [-0.25, -0.2) is 4.79 Å². The van der Waals surface area contributed by atoms with E-state index in [4.69, 9.17) is 23.7 Å². The molecule has 1 atom stereocenters. The molecule has 1 aliphatic rings. The van der Waals surface area contributed by atoms with Crippen LogP contribution in [0.25, 0.3) is 17.0 Å². The number of rotatable bonds is 4. The quantitative estimate of drug-likeness (QED) is 0.829. The van der Waals surface area contributed by atoms with Crippen molar-refractivity contribution in [1.82, 2.24) is 0 Å². The summed E-state index contributed by atoms with van der Waals surface area (Å²) in [5.74, 6) is -0.0460. The molecule has 1 aliphatic heterocycles. The highest BCUT2D eigenvalue weighted by Crippen LogP contribution is 2.49. The molecule has 2 N–H and O–H groups in total. The van der Waals surface area contributed by atoms with Crippen LogP contribution in [-0.4, -0.2) is 41.6 Å². The summed E-state index contributed by atoms with van der Waals surface area (Å²) in [6.45, 7) is 3.36. The zero-order valence-corrected chi connectivity index (χ0v) is 13.5. The Bertz CT molecular complexity index is 810. The average Bonchev–Trinajstić information content (AvgIpc) is 3.00. The number of benzene rings is 1. The summed E-state index contributed by atoms with van der Waals surface area (Å²) in [5, 5.41) is 19.8. The first-order valence-corrected chi connectivity index (χ1v) is 7.37. The van der Waals surface area contributed by atoms with Gasteiger partial charge in [0.1, 0.15) is 12.4 Å². The molecule has 0 bridgehead atoms. The van der Waals surface area contributed by atoms with E-state index in [2.05, 4.69) is 0 Å². The van der Waals surface area contributed by atoms with E-state index in [0.29, 0.717) is 28.0 Å². The van der Waals surface area contributed by atoms with Gasteiger partial charge in [0, 0.05) is 6.08 Å². The number of aliphatic carboxylic acids is 1. The summed E-state index contributed by atoms with van der Waals surface area (Å²) in [6, 6.07) is 1.71. The van der Waals surface area contributed by atoms with Crippen LogP contribution in [0.15, 0.2) is 22.8 Å². The Hall–Kier alpha value is -2.67. The van der Waals surface area contributed by atoms with E-state index in [0.717, 1.165) is 6.08 Å². The number of carboxylic acid groups (broad SMARTS) is 1. The van der Waals surface area contributed by atoms with Crippen LogP contribution in [0, 0.1) is 0 Å². The van der Waals surface area contributed by atoms with Crippen molar-refractivity contribution in [1.29, 1.82) is 0 Å². The maximum absolute atomic E-state index is 10.9. The molecule has 0 aliphatic carbocycles. The monoisotopic (exact) mass is 334 g/mol. The molecule has 7 nitrogen and oxygen atoms in total. The summed E-state index contributed by atoms with van der Waals surface area (Å²) < 4.78 is 22.6. The Morgan fingerprint density at radius 3 is 2.79 bits per heavy atom. The summed E-state index contributed by atoms with van der Waals surface area (Å²) in [5.41, 5.74) is -0.280. The predicted octanol–water partition coefficient (Wildman–Crippen LogP) is 2.45. The smallest absolute Gasteiger partial charge is 0.328 e. The molecule has 7 heteroatoms. The van der Waals surface area contributed by atoms with Gasteiger partial charge in [0.2, 0.25) is 5.75 Å². The Kier molecular flexibility index (Phi) is 3.88. The highest BCUT2D eigenvalue weighted by Gasteiger charge is 2.37. The van der Waals surface area contributed by atoms with E-state index < -0.39 is 17.7 Å². The van der Waals surface area contributed by atoms with Crippen LogP contribution >= 0.6 is 0 Å². The minimum atomic E-state index is -1.14. The van der Waals surface area contributed by atoms with Crippen LogP contribution in [0.1, 0.15) is 19.4 Å². The van der Waals surface area contributed by atoms with Gasteiger partial charge in [-0.1, -0.05) is 0 Å². The van der Waals surface area contributed by atoms with Crippen LogP contribution < -0.4 is 14.2 Å². The van der Waals surface area contributed by atoms with Crippen LogP contribution in [0.5, 0.6) is 17.2 Å². The molecule has 128 valence electrons. The van der Waals surface area contributed by atoms with Crippen LogP contribution in [-0.2, 0) is 4.79 Å². The minimum absolute atomic E-state index is 0.140. The van der Waals surface area contributed by atoms with E-state index in [1.54, 1.807) is 19.9 Å². The zero-order chi connectivity index (χ0) is 17.5. The first-order valence-electron chi connectivity index (χ1n) is 7.37. The van der Waals surface area contributed by atoms with E-state index in [9.17, 15) is 9.90 Å². The summed E-state index contributed by atoms with van der Waals surface area (Å²) >= 11 is 0. The highest BCUT2D eigenvalue weighted by molar-refractivity contribution is 5.98. The van der Waals surface area contributed by atoms with Gasteiger partial charge in [-0.3, -0.25) is 0 Å². The third-order valence-corrected chi connectivity index (χ3v) is 3.84. The van der Waals surface area contributed by atoms with Gasteiger partial charge in [-0.05, 0) is 26.0 Å². The average molecular weight is 334 g/mol. The number of furan rings is 1. The van der Waals surface area contributed by atoms with E-state index in [1.807, 2.05) is 0 Å². The third kappa shape index (κ3) is 2.67. The van der Waals surface area contributed by atoms with Crippen LogP contribution in [0.3, 0.4) is 0 Å². The molecule has 0 fully saturated rings. The highest BCUT2D eigenvalue weighted by atomic mass is 16.6. The van der Waals surface area contributed by atoms with Crippen molar-refractivity contribution in [3.05, 3.63) is 24.0 Å². The number of methoxy groups -OCH3 is 1. The molecular weight excluding hydrogens is 316 g/mol. The fraction of sp³-hybridized carbons (Fsp3) is 0.353. The number of carboxylic acids is 1. The van der Waals surface area contributed by atoms with Crippen molar-refractivity contribution in [2.75, 3.05) is 13.7 Å². The Morgan fingerprint density at radius 1 is 1.42 bits per heavy atom. The SMILES string of the molecule is COc1c(C=CC(=O)O)c2c(c3occc13)OCC(C(C)(C)O)O2. The normalized spacial score (nSPS) is 17.4. The summed E-state index contributed by atoms with van der Waals surface area (Å²) in [7, 11) is 1.48. The maximum atomic E-state index is 10.9. The number of aliphatic hydroxyl groups is 1. The number of ether oxygens (including phenoxy) is 3. The molecule has 0 spiro atoms. The van der Waals surface area contributed by atoms with Crippen LogP contribution in [0.2, 0.25) is 0 Å². The molecule has 0 radical (unpaired) electrons. The second-order valence-corrected chi connectivity index (χ2v) is 6.01. The van der Waals surface area contributed by atoms with E-state index in [-0.39, 0.29) is 12.4 Å². The fourth-order valence-corrected chi connectivity index (χ4v) is 2.59. The van der Waals surface area contributed by atoms with Gasteiger partial charge < -0.3 is 28.8 Å². The minimum Gasteiger partial charge on any atom is -0.495 e. The molecule has 0 amide bonds. The van der Waals surface area contributed by atoms with Gasteiger partial charge in [0.15, 0.2) is 17.4 Å². The summed E-state index contributed by atoms with van der Waals surface area (Å²) in [6.07, 6.45) is 3.23. The standard InChI is InChI=1S/C17H18O7/c1-17(2,20)11-8-23-16-14-10(6-7-22-14)13(21-3)9(15(16)24-11)4-5-12(18)19/h4-7,11,20H,8H2,1-3H3,(H,18,19). The van der Waals surface area contributed by atoms with Gasteiger partial charge in [0.25, 0.3) is 0 Å². The first kappa shape index (κ1) is 16.2. The number of hydrogen-bond donors (Lipinski definition) is 2. The Morgan fingerprint density at radius 2 is 2.17 bits per heavy atom. The third-order valence-electron chi connectivity index (χ3n) is 3.84. The molecule has 2 heterocycles. The topological polar surface area (TPSA) is 98.4 Å². The van der Waals surface area contributed by atoms with Crippen molar-refractivity contribution >= 4 is 23.0 Å². The molecule has 3 rings (SSSR count). The maximum Gasteiger partial charge on any atom is 0.328 e. The zero-order valence-electron chi connectivity index (χ0n) is 13.5. The lowest BCUT2D eigenvalue weighted by molar-refractivity contribution is -0.131. The molecule has 1 unspecified atom stereocenters. The number of fused-ring (bicyclic) bond motifs is 3. The number of hydrogen-bond acceptors (Lipinski definition) is 6. The van der Waals surface area contributed by atoms with Crippen molar-refractivity contribution < 1.29 is 33.6 Å². The second kappa shape index (κ2) is 5.76. The van der Waals surface area contributed by atoms with Crippen LogP contribution in [0.4, 0.5) is 0 Å². The molecule has 1 aromatic heterocycles. The van der Waals surface area contributed by atoms with Gasteiger partial charge in [0.05, 0.1) is 29.9 Å². The second-order valence-electron chi connectivity index (χ2n) is 6.01. The molecule has 0 saturated heterocycles. The first-order chi connectivity index (χ1) is 11.3. The van der Waals surface area contributed by atoms with Crippen molar-refractivity contribution in [3.63, 3.8) is 0 Å². The van der Waals surface area contributed by atoms with E-state index in [1.165, 1.54) is 19.4 Å².